The molecular weight excluding hydrogens is 272 g/mol. The number of pyridine rings is 1. The second-order valence-electron chi connectivity index (χ2n) is 5.59. The maximum atomic E-state index is 5.89. The maximum Gasteiger partial charge on any atom is 0.144 e. The minimum atomic E-state index is 0.703. The average molecular weight is 296 g/mol. The SMILES string of the molecule is Cc1ccc(OCCCN(C)C)c(C=Cc2ccccc2)n1. The van der Waals surface area contributed by atoms with Gasteiger partial charge < -0.3 is 9.64 Å². The van der Waals surface area contributed by atoms with E-state index in [1.165, 1.54) is 0 Å². The Bertz CT molecular complexity index is 606. The first kappa shape index (κ1) is 16.2. The molecule has 0 aliphatic carbocycles. The van der Waals surface area contributed by atoms with Gasteiger partial charge in [-0.2, -0.15) is 0 Å². The van der Waals surface area contributed by atoms with Crippen LogP contribution in [0.5, 0.6) is 5.75 Å². The van der Waals surface area contributed by atoms with E-state index in [0.29, 0.717) is 6.61 Å². The van der Waals surface area contributed by atoms with Crippen LogP contribution >= 0.6 is 0 Å². The van der Waals surface area contributed by atoms with E-state index < -0.39 is 0 Å². The Kier molecular flexibility index (Phi) is 6.16. The second kappa shape index (κ2) is 8.35. The zero-order valence-electron chi connectivity index (χ0n) is 13.6. The molecule has 0 aliphatic heterocycles. The van der Waals surface area contributed by atoms with Gasteiger partial charge in [-0.25, -0.2) is 4.98 Å². The van der Waals surface area contributed by atoms with E-state index in [2.05, 4.69) is 42.2 Å². The Labute approximate surface area is 133 Å². The lowest BCUT2D eigenvalue weighted by molar-refractivity contribution is 0.280. The molecule has 1 heterocycles. The Morgan fingerprint density at radius 3 is 2.55 bits per heavy atom. The van der Waals surface area contributed by atoms with Crippen LogP contribution in [0, 0.1) is 6.92 Å². The fourth-order valence-electron chi connectivity index (χ4n) is 2.11. The third-order valence-corrected chi connectivity index (χ3v) is 3.27. The van der Waals surface area contributed by atoms with Gasteiger partial charge in [-0.1, -0.05) is 36.4 Å². The molecule has 0 saturated carbocycles. The number of aromatic nitrogens is 1. The molecule has 2 aromatic rings. The molecule has 3 heteroatoms. The molecule has 2 rings (SSSR count). The number of nitrogens with zero attached hydrogens (tertiary/aromatic N) is 2. The highest BCUT2D eigenvalue weighted by Crippen LogP contribution is 2.20. The highest BCUT2D eigenvalue weighted by molar-refractivity contribution is 5.70. The lowest BCUT2D eigenvalue weighted by Crippen LogP contribution is -2.15. The van der Waals surface area contributed by atoms with Gasteiger partial charge in [0.1, 0.15) is 11.4 Å². The quantitative estimate of drug-likeness (QED) is 0.725. The molecule has 0 bridgehead atoms. The zero-order chi connectivity index (χ0) is 15.8. The van der Waals surface area contributed by atoms with Gasteiger partial charge in [0.15, 0.2) is 0 Å². The molecular formula is C19H24N2O. The lowest BCUT2D eigenvalue weighted by atomic mass is 10.2. The molecule has 0 spiro atoms. The predicted octanol–water partition coefficient (Wildman–Crippen LogP) is 3.89. The monoisotopic (exact) mass is 296 g/mol. The van der Waals surface area contributed by atoms with Gasteiger partial charge in [0.05, 0.1) is 6.61 Å². The summed E-state index contributed by atoms with van der Waals surface area (Å²) in [6, 6.07) is 14.2. The van der Waals surface area contributed by atoms with E-state index in [4.69, 9.17) is 4.74 Å². The molecule has 0 N–H and O–H groups in total. The smallest absolute Gasteiger partial charge is 0.144 e. The lowest BCUT2D eigenvalue weighted by Gasteiger charge is -2.12. The minimum absolute atomic E-state index is 0.703. The summed E-state index contributed by atoms with van der Waals surface area (Å²) in [5.41, 5.74) is 3.03. The van der Waals surface area contributed by atoms with Crippen molar-refractivity contribution in [2.45, 2.75) is 13.3 Å². The second-order valence-corrected chi connectivity index (χ2v) is 5.59. The van der Waals surface area contributed by atoms with Gasteiger partial charge in [0.2, 0.25) is 0 Å². The third-order valence-electron chi connectivity index (χ3n) is 3.27. The first-order valence-electron chi connectivity index (χ1n) is 7.63. The Hall–Kier alpha value is -2.13. The van der Waals surface area contributed by atoms with Crippen molar-refractivity contribution < 1.29 is 4.74 Å². The molecule has 0 amide bonds. The van der Waals surface area contributed by atoms with Gasteiger partial charge in [-0.3, -0.25) is 0 Å². The first-order chi connectivity index (χ1) is 10.6. The van der Waals surface area contributed by atoms with E-state index in [1.54, 1.807) is 0 Å². The van der Waals surface area contributed by atoms with Gasteiger partial charge in [-0.15, -0.1) is 0 Å². The van der Waals surface area contributed by atoms with Gasteiger partial charge >= 0.3 is 0 Å². The van der Waals surface area contributed by atoms with Crippen molar-refractivity contribution in [2.24, 2.45) is 0 Å². The summed E-state index contributed by atoms with van der Waals surface area (Å²) >= 11 is 0. The highest BCUT2D eigenvalue weighted by Gasteiger charge is 2.03. The Morgan fingerprint density at radius 1 is 1.05 bits per heavy atom. The van der Waals surface area contributed by atoms with E-state index in [-0.39, 0.29) is 0 Å². The molecule has 0 fully saturated rings. The molecule has 1 aromatic heterocycles. The summed E-state index contributed by atoms with van der Waals surface area (Å²) < 4.78 is 5.89. The van der Waals surface area contributed by atoms with Crippen molar-refractivity contribution in [1.29, 1.82) is 0 Å². The van der Waals surface area contributed by atoms with Crippen molar-refractivity contribution in [3.63, 3.8) is 0 Å². The predicted molar refractivity (Wildman–Crippen MR) is 93.0 cm³/mol. The number of aryl methyl sites for hydroxylation is 1. The van der Waals surface area contributed by atoms with Gasteiger partial charge in [0.25, 0.3) is 0 Å². The van der Waals surface area contributed by atoms with Crippen molar-refractivity contribution in [3.8, 4) is 5.75 Å². The maximum absolute atomic E-state index is 5.89. The fourth-order valence-corrected chi connectivity index (χ4v) is 2.11. The van der Waals surface area contributed by atoms with Crippen LogP contribution in [-0.4, -0.2) is 37.1 Å². The number of benzene rings is 1. The molecule has 0 atom stereocenters. The Morgan fingerprint density at radius 2 is 1.82 bits per heavy atom. The van der Waals surface area contributed by atoms with E-state index in [1.807, 2.05) is 43.3 Å². The third kappa shape index (κ3) is 5.34. The summed E-state index contributed by atoms with van der Waals surface area (Å²) in [5.74, 6) is 0.844. The standard InChI is InChI=1S/C19H24N2O/c1-16-10-13-19(22-15-7-14-21(2)3)18(20-16)12-11-17-8-5-4-6-9-17/h4-6,8-13H,7,14-15H2,1-3H3. The number of rotatable bonds is 7. The molecule has 1 aromatic carbocycles. The zero-order valence-corrected chi connectivity index (χ0v) is 13.6. The van der Waals surface area contributed by atoms with Crippen LogP contribution in [0.4, 0.5) is 0 Å². The highest BCUT2D eigenvalue weighted by atomic mass is 16.5. The van der Waals surface area contributed by atoms with Crippen molar-refractivity contribution >= 4 is 12.2 Å². The van der Waals surface area contributed by atoms with E-state index in [9.17, 15) is 0 Å². The summed E-state index contributed by atoms with van der Waals surface area (Å²) in [6.07, 6.45) is 5.08. The normalized spacial score (nSPS) is 11.3. The number of hydrogen-bond acceptors (Lipinski definition) is 3. The van der Waals surface area contributed by atoms with Crippen molar-refractivity contribution in [2.75, 3.05) is 27.2 Å². The average Bonchev–Trinajstić information content (AvgIpc) is 2.52. The van der Waals surface area contributed by atoms with Gasteiger partial charge in [-0.05, 0) is 51.2 Å². The molecule has 0 unspecified atom stereocenters. The fraction of sp³-hybridized carbons (Fsp3) is 0.316. The van der Waals surface area contributed by atoms with Crippen LogP contribution in [0.3, 0.4) is 0 Å². The topological polar surface area (TPSA) is 25.4 Å². The van der Waals surface area contributed by atoms with Crippen LogP contribution < -0.4 is 4.74 Å². The molecule has 22 heavy (non-hydrogen) atoms. The summed E-state index contributed by atoms with van der Waals surface area (Å²) in [5, 5.41) is 0. The first-order valence-corrected chi connectivity index (χ1v) is 7.63. The largest absolute Gasteiger partial charge is 0.491 e. The summed E-state index contributed by atoms with van der Waals surface area (Å²) in [6.45, 7) is 3.72. The number of hydrogen-bond donors (Lipinski definition) is 0. The molecule has 0 radical (unpaired) electrons. The van der Waals surface area contributed by atoms with Crippen molar-refractivity contribution in [1.82, 2.24) is 9.88 Å². The van der Waals surface area contributed by atoms with Crippen LogP contribution in [0.1, 0.15) is 23.4 Å². The summed E-state index contributed by atoms with van der Waals surface area (Å²) in [7, 11) is 4.14. The number of ether oxygens (including phenoxy) is 1. The van der Waals surface area contributed by atoms with Crippen LogP contribution in [-0.2, 0) is 0 Å². The van der Waals surface area contributed by atoms with Crippen LogP contribution in [0.2, 0.25) is 0 Å². The molecule has 0 aliphatic rings. The van der Waals surface area contributed by atoms with Crippen molar-refractivity contribution in [3.05, 3.63) is 59.4 Å². The molecule has 0 saturated heterocycles. The summed E-state index contributed by atoms with van der Waals surface area (Å²) in [4.78, 5) is 6.74. The molecule has 116 valence electrons. The Balaban J connectivity index is 2.05. The van der Waals surface area contributed by atoms with Gasteiger partial charge in [0, 0.05) is 12.2 Å². The van der Waals surface area contributed by atoms with Crippen LogP contribution in [0.15, 0.2) is 42.5 Å². The van der Waals surface area contributed by atoms with E-state index in [0.717, 1.165) is 35.7 Å². The van der Waals surface area contributed by atoms with E-state index >= 15 is 0 Å². The molecule has 3 nitrogen and oxygen atoms in total. The van der Waals surface area contributed by atoms with Crippen LogP contribution in [0.25, 0.3) is 12.2 Å². The minimum Gasteiger partial charge on any atom is -0.491 e.